The highest BCUT2D eigenvalue weighted by atomic mass is 32.2. The van der Waals surface area contributed by atoms with Gasteiger partial charge in [-0.15, -0.1) is 6.42 Å². The molecule has 1 heterocycles. The lowest BCUT2D eigenvalue weighted by Crippen LogP contribution is -2.53. The summed E-state index contributed by atoms with van der Waals surface area (Å²) in [6, 6.07) is -0.976. The van der Waals surface area contributed by atoms with E-state index in [2.05, 4.69) is 5.92 Å². The molecule has 0 aromatic carbocycles. The van der Waals surface area contributed by atoms with E-state index in [9.17, 15) is 13.2 Å². The van der Waals surface area contributed by atoms with E-state index < -0.39 is 22.2 Å². The van der Waals surface area contributed by atoms with Crippen LogP contribution in [0.25, 0.3) is 0 Å². The van der Waals surface area contributed by atoms with Crippen LogP contribution >= 0.6 is 0 Å². The first kappa shape index (κ1) is 15.0. The lowest BCUT2D eigenvalue weighted by atomic mass is 10.1. The number of rotatable bonds is 5. The number of hydrogen-bond donors (Lipinski definition) is 1. The molecule has 1 rings (SSSR count). The van der Waals surface area contributed by atoms with Crippen molar-refractivity contribution in [2.75, 3.05) is 19.6 Å². The molecule has 7 heteroatoms. The van der Waals surface area contributed by atoms with Crippen LogP contribution in [-0.4, -0.2) is 53.8 Å². The monoisotopic (exact) mass is 274 g/mol. The van der Waals surface area contributed by atoms with Gasteiger partial charge in [-0.2, -0.15) is 17.0 Å². The van der Waals surface area contributed by atoms with Gasteiger partial charge in [-0.3, -0.25) is 4.79 Å². The van der Waals surface area contributed by atoms with Crippen molar-refractivity contribution < 1.29 is 18.3 Å². The Labute approximate surface area is 108 Å². The number of hydrogen-bond acceptors (Lipinski definition) is 3. The first-order chi connectivity index (χ1) is 8.45. The van der Waals surface area contributed by atoms with Gasteiger partial charge in [0.1, 0.15) is 6.04 Å². The van der Waals surface area contributed by atoms with E-state index in [4.69, 9.17) is 11.5 Å². The van der Waals surface area contributed by atoms with Gasteiger partial charge in [-0.05, 0) is 19.3 Å². The number of carboxylic acids is 1. The maximum atomic E-state index is 12.3. The molecule has 0 bridgehead atoms. The van der Waals surface area contributed by atoms with Gasteiger partial charge in [0.05, 0.1) is 6.54 Å². The van der Waals surface area contributed by atoms with Gasteiger partial charge >= 0.3 is 5.97 Å². The van der Waals surface area contributed by atoms with Crippen LogP contribution in [-0.2, 0) is 15.0 Å². The first-order valence-corrected chi connectivity index (χ1v) is 7.28. The van der Waals surface area contributed by atoms with Crippen LogP contribution in [0.15, 0.2) is 0 Å². The van der Waals surface area contributed by atoms with Gasteiger partial charge < -0.3 is 5.11 Å². The maximum Gasteiger partial charge on any atom is 0.322 e. The molecular weight excluding hydrogens is 256 g/mol. The van der Waals surface area contributed by atoms with Crippen LogP contribution in [0, 0.1) is 12.3 Å². The number of carbonyl (C=O) groups is 1. The number of carboxylic acid groups (broad SMARTS) is 1. The van der Waals surface area contributed by atoms with Crippen LogP contribution in [0.1, 0.15) is 26.2 Å². The Bertz CT molecular complexity index is 440. The zero-order chi connectivity index (χ0) is 13.8. The molecule has 6 nitrogen and oxygen atoms in total. The second kappa shape index (κ2) is 6.18. The fourth-order valence-electron chi connectivity index (χ4n) is 2.03. The van der Waals surface area contributed by atoms with Crippen molar-refractivity contribution in [1.82, 2.24) is 8.61 Å². The van der Waals surface area contributed by atoms with Crippen LogP contribution in [0.2, 0.25) is 0 Å². The van der Waals surface area contributed by atoms with E-state index in [0.29, 0.717) is 12.8 Å². The highest BCUT2D eigenvalue weighted by molar-refractivity contribution is 7.86. The highest BCUT2D eigenvalue weighted by Crippen LogP contribution is 2.22. The topological polar surface area (TPSA) is 77.9 Å². The predicted octanol–water partition coefficient (Wildman–Crippen LogP) is 0.125. The minimum Gasteiger partial charge on any atom is -0.480 e. The second-order valence-corrected chi connectivity index (χ2v) is 5.98. The highest BCUT2D eigenvalue weighted by Gasteiger charge is 2.39. The molecule has 1 atom stereocenters. The fraction of sp³-hybridized carbons (Fsp3) is 0.727. The average molecular weight is 274 g/mol. The molecule has 0 aromatic rings. The summed E-state index contributed by atoms with van der Waals surface area (Å²) in [6.07, 6.45) is 6.89. The zero-order valence-corrected chi connectivity index (χ0v) is 11.2. The van der Waals surface area contributed by atoms with E-state index in [0.717, 1.165) is 15.0 Å². The zero-order valence-electron chi connectivity index (χ0n) is 10.4. The van der Waals surface area contributed by atoms with Gasteiger partial charge in [-0.1, -0.05) is 12.8 Å². The lowest BCUT2D eigenvalue weighted by Gasteiger charge is -2.35. The van der Waals surface area contributed by atoms with Crippen molar-refractivity contribution in [3.8, 4) is 12.3 Å². The molecule has 0 saturated carbocycles. The molecule has 1 saturated heterocycles. The summed E-state index contributed by atoms with van der Waals surface area (Å²) in [5.41, 5.74) is 0. The van der Waals surface area contributed by atoms with Crippen molar-refractivity contribution in [2.45, 2.75) is 32.2 Å². The molecule has 1 aliphatic heterocycles. The standard InChI is InChI=1S/C11H18N2O4S/c1-3-8-12(4-2)18(16,17)13-9-6-5-7-10(13)11(14)15/h1,10H,4-9H2,2H3,(H,14,15). The van der Waals surface area contributed by atoms with Crippen molar-refractivity contribution in [2.24, 2.45) is 0 Å². The summed E-state index contributed by atoms with van der Waals surface area (Å²) in [4.78, 5) is 11.1. The number of piperidine rings is 1. The van der Waals surface area contributed by atoms with E-state index in [1.165, 1.54) is 0 Å². The Balaban J connectivity index is 3.01. The quantitative estimate of drug-likeness (QED) is 0.723. The fourth-order valence-corrected chi connectivity index (χ4v) is 3.77. The number of terminal acetylenes is 1. The van der Waals surface area contributed by atoms with Crippen LogP contribution in [0.3, 0.4) is 0 Å². The molecule has 1 unspecified atom stereocenters. The van der Waals surface area contributed by atoms with Gasteiger partial charge in [0.15, 0.2) is 0 Å². The predicted molar refractivity (Wildman–Crippen MR) is 67.0 cm³/mol. The third-order valence-corrected chi connectivity index (χ3v) is 5.05. The third-order valence-electron chi connectivity index (χ3n) is 2.98. The molecular formula is C11H18N2O4S. The van der Waals surface area contributed by atoms with Crippen molar-refractivity contribution in [3.05, 3.63) is 0 Å². The average Bonchev–Trinajstić information content (AvgIpc) is 2.35. The SMILES string of the molecule is C#CCN(CC)S(=O)(=O)N1CCCCC1C(=O)O. The Hall–Kier alpha value is -1.10. The van der Waals surface area contributed by atoms with Gasteiger partial charge in [0.25, 0.3) is 10.2 Å². The normalized spacial score (nSPS) is 21.7. The summed E-state index contributed by atoms with van der Waals surface area (Å²) in [5, 5.41) is 9.09. The van der Waals surface area contributed by atoms with E-state index in [1.807, 2.05) is 0 Å². The Morgan fingerprint density at radius 1 is 1.56 bits per heavy atom. The van der Waals surface area contributed by atoms with Crippen LogP contribution in [0.5, 0.6) is 0 Å². The summed E-state index contributed by atoms with van der Waals surface area (Å²) in [5.74, 6) is 1.18. The summed E-state index contributed by atoms with van der Waals surface area (Å²) >= 11 is 0. The summed E-state index contributed by atoms with van der Waals surface area (Å²) in [7, 11) is -3.79. The largest absolute Gasteiger partial charge is 0.480 e. The number of nitrogens with zero attached hydrogens (tertiary/aromatic N) is 2. The van der Waals surface area contributed by atoms with E-state index >= 15 is 0 Å². The van der Waals surface area contributed by atoms with Crippen molar-refractivity contribution >= 4 is 16.2 Å². The second-order valence-electron chi connectivity index (χ2n) is 4.10. The van der Waals surface area contributed by atoms with Gasteiger partial charge in [0, 0.05) is 13.1 Å². The minimum absolute atomic E-state index is 0.0400. The first-order valence-electron chi connectivity index (χ1n) is 5.88. The van der Waals surface area contributed by atoms with Gasteiger partial charge in [-0.25, -0.2) is 0 Å². The Morgan fingerprint density at radius 2 is 2.22 bits per heavy atom. The summed E-state index contributed by atoms with van der Waals surface area (Å²) in [6.45, 7) is 2.10. The Kier molecular flexibility index (Phi) is 5.14. The molecule has 0 aromatic heterocycles. The molecule has 1 N–H and O–H groups in total. The smallest absolute Gasteiger partial charge is 0.322 e. The summed E-state index contributed by atoms with van der Waals surface area (Å²) < 4.78 is 26.8. The molecule has 1 aliphatic rings. The Morgan fingerprint density at radius 3 is 2.72 bits per heavy atom. The molecule has 102 valence electrons. The number of aliphatic carboxylic acids is 1. The van der Waals surface area contributed by atoms with Crippen molar-refractivity contribution in [1.29, 1.82) is 0 Å². The molecule has 0 amide bonds. The molecule has 18 heavy (non-hydrogen) atoms. The minimum atomic E-state index is -3.79. The van der Waals surface area contributed by atoms with E-state index in [1.54, 1.807) is 6.92 Å². The van der Waals surface area contributed by atoms with Gasteiger partial charge in [0.2, 0.25) is 0 Å². The molecule has 0 spiro atoms. The lowest BCUT2D eigenvalue weighted by molar-refractivity contribution is -0.142. The van der Waals surface area contributed by atoms with Crippen LogP contribution < -0.4 is 0 Å². The van der Waals surface area contributed by atoms with E-state index in [-0.39, 0.29) is 19.6 Å². The maximum absolute atomic E-state index is 12.3. The molecule has 0 aliphatic carbocycles. The molecule has 1 fully saturated rings. The van der Waals surface area contributed by atoms with Crippen molar-refractivity contribution in [3.63, 3.8) is 0 Å². The van der Waals surface area contributed by atoms with Crippen LogP contribution in [0.4, 0.5) is 0 Å². The third kappa shape index (κ3) is 3.02. The molecule has 0 radical (unpaired) electrons.